The van der Waals surface area contributed by atoms with E-state index in [0.29, 0.717) is 6.04 Å². The minimum absolute atomic E-state index is 0.545. The molecule has 0 radical (unpaired) electrons. The highest BCUT2D eigenvalue weighted by molar-refractivity contribution is 5.49. The Kier molecular flexibility index (Phi) is 4.09. The molecule has 3 rings (SSSR count). The summed E-state index contributed by atoms with van der Waals surface area (Å²) in [6, 6.07) is 13.2. The average molecular weight is 282 g/mol. The number of ether oxygens (including phenoxy) is 1. The van der Waals surface area contributed by atoms with Crippen LogP contribution in [0.25, 0.3) is 0 Å². The lowest BCUT2D eigenvalue weighted by Crippen LogP contribution is -2.31. The first-order valence-corrected chi connectivity index (χ1v) is 7.59. The van der Waals surface area contributed by atoms with Crippen molar-refractivity contribution in [2.45, 2.75) is 32.2 Å². The molecule has 1 aromatic heterocycles. The van der Waals surface area contributed by atoms with E-state index in [4.69, 9.17) is 4.74 Å². The van der Waals surface area contributed by atoms with Crippen molar-refractivity contribution in [3.8, 4) is 5.75 Å². The molecule has 1 saturated heterocycles. The normalized spacial score (nSPS) is 18.0. The van der Waals surface area contributed by atoms with E-state index in [0.717, 1.165) is 24.4 Å². The molecular weight excluding hydrogens is 260 g/mol. The molecule has 0 aliphatic carbocycles. The molecule has 0 saturated carbocycles. The molecule has 0 spiro atoms. The summed E-state index contributed by atoms with van der Waals surface area (Å²) in [5, 5.41) is 0. The fourth-order valence-electron chi connectivity index (χ4n) is 3.22. The van der Waals surface area contributed by atoms with Gasteiger partial charge in [0.25, 0.3) is 0 Å². The van der Waals surface area contributed by atoms with E-state index in [1.807, 2.05) is 18.3 Å². The van der Waals surface area contributed by atoms with Gasteiger partial charge in [0.05, 0.1) is 7.11 Å². The zero-order chi connectivity index (χ0) is 14.7. The zero-order valence-corrected chi connectivity index (χ0v) is 12.7. The molecule has 1 aromatic carbocycles. The summed E-state index contributed by atoms with van der Waals surface area (Å²) >= 11 is 0. The van der Waals surface area contributed by atoms with Crippen LogP contribution in [-0.2, 0) is 6.42 Å². The topological polar surface area (TPSA) is 25.4 Å². The molecule has 21 heavy (non-hydrogen) atoms. The van der Waals surface area contributed by atoms with E-state index in [1.54, 1.807) is 7.11 Å². The van der Waals surface area contributed by atoms with Crippen molar-refractivity contribution in [3.05, 3.63) is 53.9 Å². The highest BCUT2D eigenvalue weighted by Gasteiger charge is 2.25. The molecule has 0 N–H and O–H groups in total. The fourth-order valence-corrected chi connectivity index (χ4v) is 3.22. The van der Waals surface area contributed by atoms with Crippen LogP contribution in [0, 0.1) is 6.92 Å². The number of rotatable bonds is 4. The molecular formula is C18H22N2O. The van der Waals surface area contributed by atoms with E-state index in [1.165, 1.54) is 24.1 Å². The van der Waals surface area contributed by atoms with Gasteiger partial charge in [0.2, 0.25) is 0 Å². The number of nitrogens with zero attached hydrogens (tertiary/aromatic N) is 2. The van der Waals surface area contributed by atoms with Crippen LogP contribution in [0.5, 0.6) is 5.75 Å². The molecule has 3 nitrogen and oxygen atoms in total. The minimum atomic E-state index is 0.545. The minimum Gasteiger partial charge on any atom is -0.496 e. The third kappa shape index (κ3) is 3.02. The summed E-state index contributed by atoms with van der Waals surface area (Å²) in [7, 11) is 1.75. The smallest absolute Gasteiger partial charge is 0.122 e. The van der Waals surface area contributed by atoms with Gasteiger partial charge in [-0.1, -0.05) is 18.2 Å². The number of methoxy groups -OCH3 is 1. The Morgan fingerprint density at radius 3 is 2.95 bits per heavy atom. The molecule has 1 aliphatic rings. The summed E-state index contributed by atoms with van der Waals surface area (Å²) in [4.78, 5) is 6.82. The first kappa shape index (κ1) is 13.9. The number of para-hydroxylation sites is 1. The lowest BCUT2D eigenvalue weighted by atomic mass is 10.0. The molecule has 1 aliphatic heterocycles. The molecule has 1 fully saturated rings. The van der Waals surface area contributed by atoms with Crippen LogP contribution in [-0.4, -0.2) is 24.7 Å². The third-order valence-electron chi connectivity index (χ3n) is 4.24. The Morgan fingerprint density at radius 1 is 1.29 bits per heavy atom. The Labute approximate surface area is 126 Å². The highest BCUT2D eigenvalue weighted by atomic mass is 16.5. The molecule has 2 heterocycles. The summed E-state index contributed by atoms with van der Waals surface area (Å²) in [6.45, 7) is 3.18. The largest absolute Gasteiger partial charge is 0.496 e. The second kappa shape index (κ2) is 6.17. The van der Waals surface area contributed by atoms with E-state index >= 15 is 0 Å². The lowest BCUT2D eigenvalue weighted by Gasteiger charge is -2.27. The maximum absolute atomic E-state index is 5.49. The van der Waals surface area contributed by atoms with Gasteiger partial charge >= 0.3 is 0 Å². The van der Waals surface area contributed by atoms with Crippen LogP contribution < -0.4 is 9.64 Å². The van der Waals surface area contributed by atoms with Crippen molar-refractivity contribution in [2.75, 3.05) is 18.6 Å². The van der Waals surface area contributed by atoms with Crippen molar-refractivity contribution < 1.29 is 4.74 Å². The fraction of sp³-hybridized carbons (Fsp3) is 0.389. The standard InChI is InChI=1S/C18H22N2O/c1-14-12-17(9-10-19-14)20-11-5-7-16(20)13-15-6-3-4-8-18(15)21-2/h3-4,6,8-10,12,16H,5,7,11,13H2,1-2H3. The highest BCUT2D eigenvalue weighted by Crippen LogP contribution is 2.30. The first-order chi connectivity index (χ1) is 10.3. The van der Waals surface area contributed by atoms with E-state index in [9.17, 15) is 0 Å². The molecule has 2 aromatic rings. The molecule has 0 bridgehead atoms. The van der Waals surface area contributed by atoms with Crippen molar-refractivity contribution in [2.24, 2.45) is 0 Å². The average Bonchev–Trinajstić information content (AvgIpc) is 2.96. The number of pyridine rings is 1. The molecule has 0 amide bonds. The van der Waals surface area contributed by atoms with Crippen molar-refractivity contribution in [3.63, 3.8) is 0 Å². The van der Waals surface area contributed by atoms with Gasteiger partial charge in [-0.2, -0.15) is 0 Å². The number of benzene rings is 1. The van der Waals surface area contributed by atoms with Gasteiger partial charge in [0.1, 0.15) is 5.75 Å². The van der Waals surface area contributed by atoms with Crippen LogP contribution in [0.4, 0.5) is 5.69 Å². The maximum Gasteiger partial charge on any atom is 0.122 e. The van der Waals surface area contributed by atoms with Gasteiger partial charge in [0.15, 0.2) is 0 Å². The Hall–Kier alpha value is -2.03. The van der Waals surface area contributed by atoms with Crippen molar-refractivity contribution >= 4 is 5.69 Å². The van der Waals surface area contributed by atoms with Crippen molar-refractivity contribution in [1.82, 2.24) is 4.98 Å². The van der Waals surface area contributed by atoms with Crippen LogP contribution >= 0.6 is 0 Å². The summed E-state index contributed by atoms with van der Waals surface area (Å²) < 4.78 is 5.49. The summed E-state index contributed by atoms with van der Waals surface area (Å²) in [5.74, 6) is 0.996. The van der Waals surface area contributed by atoms with E-state index in [2.05, 4.69) is 41.1 Å². The van der Waals surface area contributed by atoms with Gasteiger partial charge < -0.3 is 9.64 Å². The van der Waals surface area contributed by atoms with Gasteiger partial charge in [0, 0.05) is 30.2 Å². The van der Waals surface area contributed by atoms with Crippen LogP contribution in [0.15, 0.2) is 42.6 Å². The Morgan fingerprint density at radius 2 is 2.14 bits per heavy atom. The Balaban J connectivity index is 1.81. The van der Waals surface area contributed by atoms with Gasteiger partial charge in [-0.25, -0.2) is 0 Å². The van der Waals surface area contributed by atoms with E-state index < -0.39 is 0 Å². The molecule has 1 atom stereocenters. The second-order valence-corrected chi connectivity index (χ2v) is 5.66. The number of aromatic nitrogens is 1. The first-order valence-electron chi connectivity index (χ1n) is 7.59. The Bertz CT molecular complexity index is 612. The van der Waals surface area contributed by atoms with Crippen LogP contribution in [0.1, 0.15) is 24.1 Å². The quantitative estimate of drug-likeness (QED) is 0.856. The van der Waals surface area contributed by atoms with Gasteiger partial charge in [-0.05, 0) is 49.9 Å². The third-order valence-corrected chi connectivity index (χ3v) is 4.24. The number of hydrogen-bond acceptors (Lipinski definition) is 3. The predicted octanol–water partition coefficient (Wildman–Crippen LogP) is 3.61. The molecule has 1 unspecified atom stereocenters. The SMILES string of the molecule is COc1ccccc1CC1CCCN1c1ccnc(C)c1. The van der Waals surface area contributed by atoms with E-state index in [-0.39, 0.29) is 0 Å². The van der Waals surface area contributed by atoms with Crippen molar-refractivity contribution in [1.29, 1.82) is 0 Å². The lowest BCUT2D eigenvalue weighted by molar-refractivity contribution is 0.408. The number of hydrogen-bond donors (Lipinski definition) is 0. The number of anilines is 1. The molecule has 110 valence electrons. The predicted molar refractivity (Wildman–Crippen MR) is 86.0 cm³/mol. The summed E-state index contributed by atoms with van der Waals surface area (Å²) in [5.41, 5.74) is 3.66. The van der Waals surface area contributed by atoms with Gasteiger partial charge in [-0.3, -0.25) is 4.98 Å². The zero-order valence-electron chi connectivity index (χ0n) is 12.7. The monoisotopic (exact) mass is 282 g/mol. The maximum atomic E-state index is 5.49. The van der Waals surface area contributed by atoms with Gasteiger partial charge in [-0.15, -0.1) is 0 Å². The molecule has 3 heteroatoms. The second-order valence-electron chi connectivity index (χ2n) is 5.66. The van der Waals surface area contributed by atoms with Crippen LogP contribution in [0.3, 0.4) is 0 Å². The number of aryl methyl sites for hydroxylation is 1. The summed E-state index contributed by atoms with van der Waals surface area (Å²) in [6.07, 6.45) is 5.43. The van der Waals surface area contributed by atoms with Crippen LogP contribution in [0.2, 0.25) is 0 Å².